The molecule has 0 bridgehead atoms. The molecule has 2 aromatic rings. The topological polar surface area (TPSA) is 72.5 Å². The SMILES string of the molecule is CCOC(=O)c1c(NC(=O)[C@H](CC)c2ccccc2)sc(C(C)=O)c1C. The van der Waals surface area contributed by atoms with Crippen LogP contribution in [0.15, 0.2) is 30.3 Å². The van der Waals surface area contributed by atoms with Gasteiger partial charge < -0.3 is 10.1 Å². The van der Waals surface area contributed by atoms with Gasteiger partial charge >= 0.3 is 5.97 Å². The molecule has 138 valence electrons. The third-order valence-electron chi connectivity index (χ3n) is 4.11. The molecule has 5 nitrogen and oxygen atoms in total. The molecular formula is C20H23NO4S. The second-order valence-electron chi connectivity index (χ2n) is 5.90. The van der Waals surface area contributed by atoms with Crippen LogP contribution in [0.2, 0.25) is 0 Å². The van der Waals surface area contributed by atoms with E-state index in [4.69, 9.17) is 4.74 Å². The number of ketones is 1. The minimum atomic E-state index is -0.531. The second-order valence-corrected chi connectivity index (χ2v) is 6.92. The minimum absolute atomic E-state index is 0.145. The lowest BCUT2D eigenvalue weighted by molar-refractivity contribution is -0.117. The van der Waals surface area contributed by atoms with E-state index in [1.54, 1.807) is 13.8 Å². The van der Waals surface area contributed by atoms with Crippen molar-refractivity contribution >= 4 is 34.0 Å². The zero-order chi connectivity index (χ0) is 19.3. The summed E-state index contributed by atoms with van der Waals surface area (Å²) >= 11 is 1.12. The molecule has 1 N–H and O–H groups in total. The lowest BCUT2D eigenvalue weighted by atomic mass is 9.95. The van der Waals surface area contributed by atoms with Gasteiger partial charge in [0, 0.05) is 0 Å². The molecule has 1 heterocycles. The Labute approximate surface area is 157 Å². The average molecular weight is 373 g/mol. The number of hydrogen-bond acceptors (Lipinski definition) is 5. The third-order valence-corrected chi connectivity index (χ3v) is 5.42. The van der Waals surface area contributed by atoms with Crippen molar-refractivity contribution in [2.45, 2.75) is 40.0 Å². The fraction of sp³-hybridized carbons (Fsp3) is 0.350. The number of ether oxygens (including phenoxy) is 1. The molecule has 0 aliphatic rings. The van der Waals surface area contributed by atoms with E-state index < -0.39 is 5.97 Å². The zero-order valence-electron chi connectivity index (χ0n) is 15.4. The summed E-state index contributed by atoms with van der Waals surface area (Å²) in [7, 11) is 0. The maximum Gasteiger partial charge on any atom is 0.341 e. The molecule has 0 saturated carbocycles. The first-order valence-corrected chi connectivity index (χ1v) is 9.39. The van der Waals surface area contributed by atoms with Crippen LogP contribution in [0, 0.1) is 6.92 Å². The minimum Gasteiger partial charge on any atom is -0.462 e. The van der Waals surface area contributed by atoms with E-state index >= 15 is 0 Å². The first-order chi connectivity index (χ1) is 12.4. The van der Waals surface area contributed by atoms with Crippen LogP contribution >= 0.6 is 11.3 Å². The van der Waals surface area contributed by atoms with Gasteiger partial charge in [-0.25, -0.2) is 4.79 Å². The number of anilines is 1. The molecule has 1 aromatic heterocycles. The highest BCUT2D eigenvalue weighted by molar-refractivity contribution is 7.18. The molecule has 0 fully saturated rings. The van der Waals surface area contributed by atoms with Crippen LogP contribution in [-0.2, 0) is 9.53 Å². The summed E-state index contributed by atoms with van der Waals surface area (Å²) < 4.78 is 5.10. The van der Waals surface area contributed by atoms with Gasteiger partial charge in [-0.3, -0.25) is 9.59 Å². The quantitative estimate of drug-likeness (QED) is 0.570. The summed E-state index contributed by atoms with van der Waals surface area (Å²) in [5.41, 5.74) is 1.72. The van der Waals surface area contributed by atoms with Crippen molar-refractivity contribution in [3.8, 4) is 0 Å². The zero-order valence-corrected chi connectivity index (χ0v) is 16.2. The summed E-state index contributed by atoms with van der Waals surface area (Å²) in [5.74, 6) is -1.22. The molecular weight excluding hydrogens is 350 g/mol. The van der Waals surface area contributed by atoms with Crippen molar-refractivity contribution in [1.29, 1.82) is 0 Å². The predicted molar refractivity (Wildman–Crippen MR) is 103 cm³/mol. The average Bonchev–Trinajstić information content (AvgIpc) is 2.93. The molecule has 6 heteroatoms. The smallest absolute Gasteiger partial charge is 0.341 e. The van der Waals surface area contributed by atoms with Gasteiger partial charge in [-0.2, -0.15) is 0 Å². The maximum atomic E-state index is 12.8. The van der Waals surface area contributed by atoms with Crippen LogP contribution in [0.4, 0.5) is 5.00 Å². The number of esters is 1. The van der Waals surface area contributed by atoms with Crippen LogP contribution in [0.3, 0.4) is 0 Å². The second kappa shape index (κ2) is 8.76. The highest BCUT2D eigenvalue weighted by Crippen LogP contribution is 2.35. The van der Waals surface area contributed by atoms with E-state index in [1.807, 2.05) is 37.3 Å². The van der Waals surface area contributed by atoms with Gasteiger partial charge in [-0.1, -0.05) is 37.3 Å². The number of amides is 1. The number of nitrogens with one attached hydrogen (secondary N) is 1. The van der Waals surface area contributed by atoms with Crippen LogP contribution in [-0.4, -0.2) is 24.3 Å². The number of thiophene rings is 1. The van der Waals surface area contributed by atoms with Gasteiger partial charge in [0.1, 0.15) is 5.00 Å². The fourth-order valence-corrected chi connectivity index (χ4v) is 3.94. The monoisotopic (exact) mass is 373 g/mol. The first-order valence-electron chi connectivity index (χ1n) is 8.57. The van der Waals surface area contributed by atoms with Gasteiger partial charge in [0.05, 0.1) is 23.0 Å². The third kappa shape index (κ3) is 4.19. The number of carbonyl (C=O) groups excluding carboxylic acids is 3. The Morgan fingerprint density at radius 1 is 1.15 bits per heavy atom. The molecule has 1 amide bonds. The van der Waals surface area contributed by atoms with E-state index in [9.17, 15) is 14.4 Å². The van der Waals surface area contributed by atoms with Gasteiger partial charge in [-0.15, -0.1) is 11.3 Å². The number of Topliss-reactive ketones (excluding diaryl/α,β-unsaturated/α-hetero) is 1. The number of carbonyl (C=O) groups is 3. The molecule has 1 aromatic carbocycles. The first kappa shape index (κ1) is 19.8. The molecule has 0 aliphatic heterocycles. The summed E-state index contributed by atoms with van der Waals surface area (Å²) in [4.78, 5) is 37.5. The highest BCUT2D eigenvalue weighted by Gasteiger charge is 2.27. The fourth-order valence-electron chi connectivity index (χ4n) is 2.84. The van der Waals surface area contributed by atoms with E-state index in [0.29, 0.717) is 21.9 Å². The van der Waals surface area contributed by atoms with Gasteiger partial charge in [0.25, 0.3) is 0 Å². The molecule has 0 saturated heterocycles. The molecule has 26 heavy (non-hydrogen) atoms. The van der Waals surface area contributed by atoms with E-state index in [2.05, 4.69) is 5.32 Å². The Bertz CT molecular complexity index is 811. The van der Waals surface area contributed by atoms with Crippen molar-refractivity contribution in [3.63, 3.8) is 0 Å². The summed E-state index contributed by atoms with van der Waals surface area (Å²) in [5, 5.41) is 3.21. The molecule has 0 unspecified atom stereocenters. The van der Waals surface area contributed by atoms with Crippen LogP contribution in [0.5, 0.6) is 0 Å². The van der Waals surface area contributed by atoms with E-state index in [0.717, 1.165) is 16.9 Å². The number of hydrogen-bond donors (Lipinski definition) is 1. The molecule has 1 atom stereocenters. The standard InChI is InChI=1S/C20H23NO4S/c1-5-15(14-10-8-7-9-11-14)18(23)21-19-16(20(24)25-6-2)12(3)17(26-19)13(4)22/h7-11,15H,5-6H2,1-4H3,(H,21,23)/t15-/m1/s1. The molecule has 0 radical (unpaired) electrons. The van der Waals surface area contributed by atoms with E-state index in [1.165, 1.54) is 6.92 Å². The summed E-state index contributed by atoms with van der Waals surface area (Å²) in [6.45, 7) is 7.01. The van der Waals surface area contributed by atoms with Crippen molar-refractivity contribution in [1.82, 2.24) is 0 Å². The predicted octanol–water partition coefficient (Wildman–Crippen LogP) is 4.57. The van der Waals surface area contributed by atoms with Crippen molar-refractivity contribution in [3.05, 3.63) is 51.9 Å². The van der Waals surface area contributed by atoms with Crippen molar-refractivity contribution < 1.29 is 19.1 Å². The van der Waals surface area contributed by atoms with Crippen LogP contribution in [0.25, 0.3) is 0 Å². The molecule has 0 spiro atoms. The van der Waals surface area contributed by atoms with Gasteiger partial charge in [0.2, 0.25) is 5.91 Å². The van der Waals surface area contributed by atoms with Gasteiger partial charge in [-0.05, 0) is 38.3 Å². The van der Waals surface area contributed by atoms with Crippen LogP contribution < -0.4 is 5.32 Å². The van der Waals surface area contributed by atoms with Crippen molar-refractivity contribution in [2.75, 3.05) is 11.9 Å². The van der Waals surface area contributed by atoms with E-state index in [-0.39, 0.29) is 29.8 Å². The Morgan fingerprint density at radius 2 is 1.81 bits per heavy atom. The maximum absolute atomic E-state index is 12.8. The Balaban J connectivity index is 2.38. The number of benzene rings is 1. The Kier molecular flexibility index (Phi) is 6.69. The normalized spacial score (nSPS) is 11.7. The molecule has 0 aliphatic carbocycles. The largest absolute Gasteiger partial charge is 0.462 e. The lowest BCUT2D eigenvalue weighted by Crippen LogP contribution is -2.21. The number of rotatable bonds is 7. The van der Waals surface area contributed by atoms with Crippen molar-refractivity contribution in [2.24, 2.45) is 0 Å². The Morgan fingerprint density at radius 3 is 2.35 bits per heavy atom. The molecule has 2 rings (SSSR count). The lowest BCUT2D eigenvalue weighted by Gasteiger charge is -2.15. The Hall–Kier alpha value is -2.47. The highest BCUT2D eigenvalue weighted by atomic mass is 32.1. The van der Waals surface area contributed by atoms with Crippen LogP contribution in [0.1, 0.15) is 64.3 Å². The summed E-state index contributed by atoms with van der Waals surface area (Å²) in [6.07, 6.45) is 0.620. The van der Waals surface area contributed by atoms with Gasteiger partial charge in [0.15, 0.2) is 5.78 Å². The summed E-state index contributed by atoms with van der Waals surface area (Å²) in [6, 6.07) is 9.48.